The Kier molecular flexibility index (Phi) is 7.85. The Hall–Kier alpha value is -1.69. The molecule has 0 bridgehead atoms. The number of nitrogens with zero attached hydrogens (tertiary/aromatic N) is 3. The molecule has 32 heavy (non-hydrogen) atoms. The van der Waals surface area contributed by atoms with Crippen molar-refractivity contribution in [2.45, 2.75) is 49.5 Å². The summed E-state index contributed by atoms with van der Waals surface area (Å²) in [6.45, 7) is 1.74. The summed E-state index contributed by atoms with van der Waals surface area (Å²) in [4.78, 5) is 15.0. The molecular weight excluding hydrogens is 454 g/mol. The lowest BCUT2D eigenvalue weighted by atomic mass is 10.0. The van der Waals surface area contributed by atoms with Gasteiger partial charge in [-0.3, -0.25) is 4.79 Å². The van der Waals surface area contributed by atoms with Crippen LogP contribution in [0.3, 0.4) is 0 Å². The van der Waals surface area contributed by atoms with Crippen LogP contribution in [0.5, 0.6) is 5.75 Å². The van der Waals surface area contributed by atoms with Gasteiger partial charge in [0.2, 0.25) is 20.0 Å². The molecule has 1 aromatic carbocycles. The van der Waals surface area contributed by atoms with E-state index in [4.69, 9.17) is 4.74 Å². The fourth-order valence-corrected chi connectivity index (χ4v) is 6.62. The molecule has 2 aliphatic heterocycles. The number of sulfonamides is 2. The molecule has 0 spiro atoms. The summed E-state index contributed by atoms with van der Waals surface area (Å²) in [5, 5.41) is 0. The second kappa shape index (κ2) is 10.1. The number of carbonyl (C=O) groups is 1. The highest BCUT2D eigenvalue weighted by Crippen LogP contribution is 2.28. The number of rotatable bonds is 6. The minimum atomic E-state index is -3.70. The number of carbonyl (C=O) groups excluding carboxylic acids is 1. The number of ether oxygens (including phenoxy) is 1. The third-order valence-electron chi connectivity index (χ3n) is 6.39. The molecule has 2 heterocycles. The monoisotopic (exact) mass is 487 g/mol. The minimum absolute atomic E-state index is 0.0928. The normalized spacial score (nSPS) is 19.7. The van der Waals surface area contributed by atoms with Gasteiger partial charge in [0.15, 0.2) is 0 Å². The van der Waals surface area contributed by atoms with E-state index in [-0.39, 0.29) is 22.4 Å². The van der Waals surface area contributed by atoms with Crippen molar-refractivity contribution in [1.29, 1.82) is 0 Å². The van der Waals surface area contributed by atoms with E-state index in [1.807, 2.05) is 0 Å². The first kappa shape index (κ1) is 24.9. The van der Waals surface area contributed by atoms with E-state index in [9.17, 15) is 21.6 Å². The molecular formula is C21H33N3O6S2. The SMILES string of the molecule is COc1ccc(S(=O)(=O)N2CCCCCC2)cc1C(=O)N1CCC(N(C)S(C)(=O)=O)CC1. The van der Waals surface area contributed by atoms with Gasteiger partial charge in [0.1, 0.15) is 5.75 Å². The molecule has 0 N–H and O–H groups in total. The van der Waals surface area contributed by atoms with Crippen LogP contribution in [0.15, 0.2) is 23.1 Å². The second-order valence-corrected chi connectivity index (χ2v) is 12.5. The lowest BCUT2D eigenvalue weighted by molar-refractivity contribution is 0.0682. The van der Waals surface area contributed by atoms with E-state index in [2.05, 4.69) is 0 Å². The average molecular weight is 488 g/mol. The fourth-order valence-electron chi connectivity index (χ4n) is 4.32. The molecule has 9 nitrogen and oxygen atoms in total. The zero-order valence-corrected chi connectivity index (χ0v) is 20.6. The number of likely N-dealkylation sites (tertiary alicyclic amines) is 1. The molecule has 2 aliphatic rings. The van der Waals surface area contributed by atoms with Crippen LogP contribution in [-0.2, 0) is 20.0 Å². The van der Waals surface area contributed by atoms with Crippen molar-refractivity contribution in [3.8, 4) is 5.75 Å². The van der Waals surface area contributed by atoms with E-state index in [0.29, 0.717) is 44.8 Å². The third kappa shape index (κ3) is 5.44. The standard InChI is InChI=1S/C21H33N3O6S2/c1-22(31(3,26)27)17-10-14-23(15-11-17)21(25)19-16-18(8-9-20(19)30-2)32(28,29)24-12-6-4-5-7-13-24/h8-9,16-17H,4-7,10-15H2,1-3H3. The van der Waals surface area contributed by atoms with Gasteiger partial charge in [-0.25, -0.2) is 21.1 Å². The van der Waals surface area contributed by atoms with Crippen molar-refractivity contribution in [2.24, 2.45) is 0 Å². The van der Waals surface area contributed by atoms with Crippen LogP contribution in [-0.4, -0.2) is 88.9 Å². The van der Waals surface area contributed by atoms with Crippen LogP contribution in [0, 0.1) is 0 Å². The van der Waals surface area contributed by atoms with Gasteiger partial charge in [-0.2, -0.15) is 4.31 Å². The van der Waals surface area contributed by atoms with Crippen LogP contribution in [0.4, 0.5) is 0 Å². The maximum Gasteiger partial charge on any atom is 0.257 e. The lowest BCUT2D eigenvalue weighted by Crippen LogP contribution is -2.47. The van der Waals surface area contributed by atoms with Gasteiger partial charge in [0, 0.05) is 39.3 Å². The number of benzene rings is 1. The van der Waals surface area contributed by atoms with Crippen molar-refractivity contribution < 1.29 is 26.4 Å². The smallest absolute Gasteiger partial charge is 0.257 e. The lowest BCUT2D eigenvalue weighted by Gasteiger charge is -2.35. The second-order valence-electron chi connectivity index (χ2n) is 8.48. The van der Waals surface area contributed by atoms with Gasteiger partial charge in [0.25, 0.3) is 5.91 Å². The van der Waals surface area contributed by atoms with Crippen molar-refractivity contribution in [3.05, 3.63) is 23.8 Å². The van der Waals surface area contributed by atoms with Crippen molar-refractivity contribution in [1.82, 2.24) is 13.5 Å². The van der Waals surface area contributed by atoms with Crippen LogP contribution in [0.2, 0.25) is 0 Å². The molecule has 2 saturated heterocycles. The van der Waals surface area contributed by atoms with Crippen LogP contribution < -0.4 is 4.74 Å². The van der Waals surface area contributed by atoms with Crippen molar-refractivity contribution >= 4 is 26.0 Å². The Morgan fingerprint density at radius 1 is 1.00 bits per heavy atom. The number of amides is 1. The third-order valence-corrected chi connectivity index (χ3v) is 9.63. The first-order valence-corrected chi connectivity index (χ1v) is 14.2. The van der Waals surface area contributed by atoms with Crippen LogP contribution in [0.1, 0.15) is 48.9 Å². The minimum Gasteiger partial charge on any atom is -0.496 e. The molecule has 0 atom stereocenters. The molecule has 3 rings (SSSR count). The van der Waals surface area contributed by atoms with Crippen LogP contribution >= 0.6 is 0 Å². The van der Waals surface area contributed by atoms with E-state index in [1.165, 1.54) is 40.2 Å². The number of methoxy groups -OCH3 is 1. The molecule has 0 aliphatic carbocycles. The Balaban J connectivity index is 1.81. The van der Waals surface area contributed by atoms with Crippen LogP contribution in [0.25, 0.3) is 0 Å². The van der Waals surface area contributed by atoms with Gasteiger partial charge in [-0.1, -0.05) is 12.8 Å². The van der Waals surface area contributed by atoms with Gasteiger partial charge in [-0.15, -0.1) is 0 Å². The molecule has 1 amide bonds. The summed E-state index contributed by atoms with van der Waals surface area (Å²) in [6.07, 6.45) is 5.90. The summed E-state index contributed by atoms with van der Waals surface area (Å²) in [7, 11) is -4.00. The average Bonchev–Trinajstić information content (AvgIpc) is 3.07. The first-order valence-electron chi connectivity index (χ1n) is 11.0. The van der Waals surface area contributed by atoms with E-state index in [1.54, 1.807) is 11.9 Å². The maximum absolute atomic E-state index is 13.3. The van der Waals surface area contributed by atoms with E-state index < -0.39 is 20.0 Å². The van der Waals surface area contributed by atoms with E-state index in [0.717, 1.165) is 25.7 Å². The highest BCUT2D eigenvalue weighted by molar-refractivity contribution is 7.89. The van der Waals surface area contributed by atoms with E-state index >= 15 is 0 Å². The van der Waals surface area contributed by atoms with Gasteiger partial charge in [-0.05, 0) is 43.9 Å². The largest absolute Gasteiger partial charge is 0.496 e. The van der Waals surface area contributed by atoms with Gasteiger partial charge in [0.05, 0.1) is 23.8 Å². The zero-order chi connectivity index (χ0) is 23.5. The molecule has 0 saturated carbocycles. The molecule has 0 aromatic heterocycles. The van der Waals surface area contributed by atoms with Gasteiger partial charge < -0.3 is 9.64 Å². The maximum atomic E-state index is 13.3. The number of hydrogen-bond acceptors (Lipinski definition) is 6. The fraction of sp³-hybridized carbons (Fsp3) is 0.667. The molecule has 1 aromatic rings. The molecule has 0 radical (unpaired) electrons. The predicted molar refractivity (Wildman–Crippen MR) is 122 cm³/mol. The predicted octanol–water partition coefficient (Wildman–Crippen LogP) is 1.76. The Morgan fingerprint density at radius 2 is 1.59 bits per heavy atom. The highest BCUT2D eigenvalue weighted by atomic mass is 32.2. The molecule has 0 unspecified atom stereocenters. The Morgan fingerprint density at radius 3 is 2.12 bits per heavy atom. The highest BCUT2D eigenvalue weighted by Gasteiger charge is 2.32. The summed E-state index contributed by atoms with van der Waals surface area (Å²) < 4.78 is 58.2. The molecule has 11 heteroatoms. The summed E-state index contributed by atoms with van der Waals surface area (Å²) >= 11 is 0. The zero-order valence-electron chi connectivity index (χ0n) is 19.0. The molecule has 180 valence electrons. The first-order chi connectivity index (χ1) is 15.1. The summed E-state index contributed by atoms with van der Waals surface area (Å²) in [5.41, 5.74) is 0.207. The Labute approximate surface area is 191 Å². The van der Waals surface area contributed by atoms with Gasteiger partial charge >= 0.3 is 0 Å². The summed E-state index contributed by atoms with van der Waals surface area (Å²) in [5.74, 6) is 0.00965. The van der Waals surface area contributed by atoms with Crippen molar-refractivity contribution in [3.63, 3.8) is 0 Å². The number of piperidine rings is 1. The Bertz CT molecular complexity index is 1030. The number of hydrogen-bond donors (Lipinski definition) is 0. The summed E-state index contributed by atoms with van der Waals surface area (Å²) in [6, 6.07) is 4.27. The topological polar surface area (TPSA) is 104 Å². The molecule has 2 fully saturated rings. The van der Waals surface area contributed by atoms with Crippen molar-refractivity contribution in [2.75, 3.05) is 46.6 Å². The quantitative estimate of drug-likeness (QED) is 0.606.